The molecule has 1 aliphatic heterocycles. The second kappa shape index (κ2) is 8.94. The van der Waals surface area contributed by atoms with Crippen LogP contribution in [-0.4, -0.2) is 0 Å². The third kappa shape index (κ3) is 3.06. The van der Waals surface area contributed by atoms with E-state index in [1.807, 2.05) is 6.08 Å². The van der Waals surface area contributed by atoms with Gasteiger partial charge in [-0.05, 0) is 74.8 Å². The van der Waals surface area contributed by atoms with Crippen molar-refractivity contribution in [1.29, 1.82) is 0 Å². The first-order chi connectivity index (χ1) is 20.3. The Morgan fingerprint density at radius 1 is 0.561 bits per heavy atom. The summed E-state index contributed by atoms with van der Waals surface area (Å²) in [7, 11) is 0. The molecule has 1 heteroatoms. The zero-order valence-electron chi connectivity index (χ0n) is 23.0. The first kappa shape index (κ1) is 23.7. The lowest BCUT2D eigenvalue weighted by molar-refractivity contribution is 0.752. The fourth-order valence-corrected chi connectivity index (χ4v) is 7.44. The zero-order valence-corrected chi connectivity index (χ0v) is 23.0. The highest BCUT2D eigenvalue weighted by molar-refractivity contribution is 6.03. The predicted octanol–water partition coefficient (Wildman–Crippen LogP) is 10.7. The van der Waals surface area contributed by atoms with Crippen LogP contribution in [0.1, 0.15) is 40.3 Å². The van der Waals surface area contributed by atoms with Crippen LogP contribution in [0, 0.1) is 0 Å². The third-order valence-electron chi connectivity index (χ3n) is 8.94. The standard InChI is InChI=1S/C40H29N/c1-3-15-32-28(4-2)29-17-6-5-16-27(29)26-39(32)41-37-24-13-11-22-35(37)40(36-23-12-14-25-38(36)41)33-20-9-7-18-30(33)31-19-8-10-21-34(31)40/h3-26H,2H2,1H3/b15-3-. The van der Waals surface area contributed by atoms with Gasteiger partial charge in [-0.2, -0.15) is 0 Å². The second-order valence-electron chi connectivity index (χ2n) is 10.9. The van der Waals surface area contributed by atoms with Gasteiger partial charge in [0.25, 0.3) is 0 Å². The molecule has 1 heterocycles. The normalized spacial score (nSPS) is 14.1. The minimum Gasteiger partial charge on any atom is -0.309 e. The van der Waals surface area contributed by atoms with E-state index >= 15 is 0 Å². The monoisotopic (exact) mass is 523 g/mol. The molecular formula is C40H29N. The summed E-state index contributed by atoms with van der Waals surface area (Å²) in [6, 6.07) is 46.9. The fourth-order valence-electron chi connectivity index (χ4n) is 7.44. The Balaban J connectivity index is 1.53. The number of fused-ring (bicyclic) bond motifs is 10. The number of hydrogen-bond donors (Lipinski definition) is 0. The van der Waals surface area contributed by atoms with Crippen molar-refractivity contribution in [2.75, 3.05) is 4.90 Å². The van der Waals surface area contributed by atoms with Crippen molar-refractivity contribution in [3.05, 3.63) is 173 Å². The number of nitrogens with zero attached hydrogens (tertiary/aromatic N) is 1. The number of hydrogen-bond acceptors (Lipinski definition) is 1. The van der Waals surface area contributed by atoms with Crippen LogP contribution in [0.5, 0.6) is 0 Å². The number of rotatable bonds is 3. The van der Waals surface area contributed by atoms with E-state index in [0.29, 0.717) is 0 Å². The molecule has 8 rings (SSSR count). The van der Waals surface area contributed by atoms with Gasteiger partial charge in [0.05, 0.1) is 22.5 Å². The van der Waals surface area contributed by atoms with E-state index in [1.165, 1.54) is 61.1 Å². The summed E-state index contributed by atoms with van der Waals surface area (Å²) >= 11 is 0. The van der Waals surface area contributed by atoms with E-state index in [0.717, 1.165) is 11.3 Å². The highest BCUT2D eigenvalue weighted by Crippen LogP contribution is 2.63. The molecule has 0 unspecified atom stereocenters. The summed E-state index contributed by atoms with van der Waals surface area (Å²) < 4.78 is 0. The molecule has 0 aromatic heterocycles. The van der Waals surface area contributed by atoms with Crippen molar-refractivity contribution in [3.8, 4) is 11.1 Å². The minimum atomic E-state index is -0.407. The van der Waals surface area contributed by atoms with Gasteiger partial charge < -0.3 is 4.90 Å². The van der Waals surface area contributed by atoms with Crippen molar-refractivity contribution in [2.45, 2.75) is 12.3 Å². The van der Waals surface area contributed by atoms with Crippen LogP contribution in [0.3, 0.4) is 0 Å². The highest BCUT2D eigenvalue weighted by atomic mass is 15.2. The Labute approximate surface area is 241 Å². The van der Waals surface area contributed by atoms with Crippen LogP contribution < -0.4 is 4.90 Å². The number of allylic oxidation sites excluding steroid dienone is 1. The molecule has 0 saturated carbocycles. The van der Waals surface area contributed by atoms with Crippen LogP contribution in [-0.2, 0) is 5.41 Å². The molecule has 0 amide bonds. The summed E-state index contributed by atoms with van der Waals surface area (Å²) in [5.41, 5.74) is 13.4. The molecule has 0 radical (unpaired) electrons. The molecule has 0 saturated heterocycles. The van der Waals surface area contributed by atoms with Gasteiger partial charge in [-0.1, -0.05) is 134 Å². The van der Waals surface area contributed by atoms with Crippen molar-refractivity contribution in [3.63, 3.8) is 0 Å². The van der Waals surface area contributed by atoms with E-state index < -0.39 is 5.41 Å². The lowest BCUT2D eigenvalue weighted by Crippen LogP contribution is -2.36. The van der Waals surface area contributed by atoms with Gasteiger partial charge in [-0.3, -0.25) is 0 Å². The molecule has 1 aliphatic carbocycles. The topological polar surface area (TPSA) is 3.24 Å². The van der Waals surface area contributed by atoms with E-state index in [4.69, 9.17) is 0 Å². The summed E-state index contributed by atoms with van der Waals surface area (Å²) in [5, 5.41) is 2.42. The molecule has 41 heavy (non-hydrogen) atoms. The minimum absolute atomic E-state index is 0.407. The average molecular weight is 524 g/mol. The Hall–Kier alpha value is -5.14. The SMILES string of the molecule is C=Cc1c(/C=C\C)c(N2c3ccccc3C3(c4ccccc4-c4ccccc43)c3ccccc32)cc2ccccc12. The lowest BCUT2D eigenvalue weighted by Gasteiger charge is -2.45. The van der Waals surface area contributed by atoms with Crippen LogP contribution in [0.25, 0.3) is 34.1 Å². The number of anilines is 3. The number of para-hydroxylation sites is 2. The molecule has 6 aromatic carbocycles. The maximum atomic E-state index is 4.25. The van der Waals surface area contributed by atoms with Crippen LogP contribution in [0.4, 0.5) is 17.1 Å². The summed E-state index contributed by atoms with van der Waals surface area (Å²) in [6.07, 6.45) is 6.37. The first-order valence-electron chi connectivity index (χ1n) is 14.3. The largest absolute Gasteiger partial charge is 0.309 e. The average Bonchev–Trinajstić information content (AvgIpc) is 3.32. The molecule has 1 nitrogen and oxygen atoms in total. The third-order valence-corrected chi connectivity index (χ3v) is 8.94. The number of benzene rings is 6. The maximum Gasteiger partial charge on any atom is 0.0754 e. The summed E-state index contributed by atoms with van der Waals surface area (Å²) in [5.74, 6) is 0. The summed E-state index contributed by atoms with van der Waals surface area (Å²) in [4.78, 5) is 2.48. The fraction of sp³-hybridized carbons (Fsp3) is 0.0500. The zero-order chi connectivity index (χ0) is 27.6. The Bertz CT molecular complexity index is 1950. The Morgan fingerprint density at radius 3 is 1.66 bits per heavy atom. The van der Waals surface area contributed by atoms with Crippen molar-refractivity contribution < 1.29 is 0 Å². The van der Waals surface area contributed by atoms with Crippen LogP contribution >= 0.6 is 0 Å². The highest BCUT2D eigenvalue weighted by Gasteiger charge is 2.51. The maximum absolute atomic E-state index is 4.25. The van der Waals surface area contributed by atoms with Gasteiger partial charge in [-0.15, -0.1) is 0 Å². The van der Waals surface area contributed by atoms with E-state index in [1.54, 1.807) is 0 Å². The van der Waals surface area contributed by atoms with E-state index in [9.17, 15) is 0 Å². The quantitative estimate of drug-likeness (QED) is 0.223. The Morgan fingerprint density at radius 2 is 1.07 bits per heavy atom. The van der Waals surface area contributed by atoms with E-state index in [2.05, 4.69) is 158 Å². The predicted molar refractivity (Wildman–Crippen MR) is 174 cm³/mol. The second-order valence-corrected chi connectivity index (χ2v) is 10.9. The van der Waals surface area contributed by atoms with Gasteiger partial charge in [0, 0.05) is 5.56 Å². The molecule has 0 atom stereocenters. The van der Waals surface area contributed by atoms with Crippen molar-refractivity contribution in [1.82, 2.24) is 0 Å². The molecular weight excluding hydrogens is 494 g/mol. The smallest absolute Gasteiger partial charge is 0.0754 e. The molecule has 194 valence electrons. The van der Waals surface area contributed by atoms with E-state index in [-0.39, 0.29) is 0 Å². The van der Waals surface area contributed by atoms with Crippen molar-refractivity contribution in [2.24, 2.45) is 0 Å². The molecule has 2 aliphatic rings. The summed E-state index contributed by atoms with van der Waals surface area (Å²) in [6.45, 7) is 6.34. The molecule has 0 N–H and O–H groups in total. The van der Waals surface area contributed by atoms with Gasteiger partial charge in [0.1, 0.15) is 0 Å². The molecule has 6 aromatic rings. The lowest BCUT2D eigenvalue weighted by atomic mass is 9.64. The molecule has 1 spiro atoms. The van der Waals surface area contributed by atoms with Gasteiger partial charge in [0.2, 0.25) is 0 Å². The van der Waals surface area contributed by atoms with Crippen molar-refractivity contribution >= 4 is 40.0 Å². The van der Waals surface area contributed by atoms with Crippen LogP contribution in [0.2, 0.25) is 0 Å². The first-order valence-corrected chi connectivity index (χ1v) is 14.3. The van der Waals surface area contributed by atoms with Gasteiger partial charge in [0.15, 0.2) is 0 Å². The molecule has 0 bridgehead atoms. The Kier molecular flexibility index (Phi) is 5.17. The van der Waals surface area contributed by atoms with Gasteiger partial charge in [-0.25, -0.2) is 0 Å². The van der Waals surface area contributed by atoms with Crippen LogP contribution in [0.15, 0.2) is 140 Å². The van der Waals surface area contributed by atoms with Gasteiger partial charge >= 0.3 is 0 Å². The molecule has 0 fully saturated rings.